The maximum absolute atomic E-state index is 12.4. The highest BCUT2D eigenvalue weighted by Gasteiger charge is 2.31. The number of nitrogens with two attached hydrogens (primary N) is 2. The van der Waals surface area contributed by atoms with E-state index in [1.807, 2.05) is 6.07 Å². The first-order valence-corrected chi connectivity index (χ1v) is 7.28. The maximum Gasteiger partial charge on any atom is 0.573 e. The van der Waals surface area contributed by atoms with Crippen LogP contribution in [-0.2, 0) is 11.2 Å². The van der Waals surface area contributed by atoms with Crippen LogP contribution in [-0.4, -0.2) is 18.2 Å². The van der Waals surface area contributed by atoms with Gasteiger partial charge in [0.1, 0.15) is 5.75 Å². The van der Waals surface area contributed by atoms with Gasteiger partial charge in [-0.2, -0.15) is 4.99 Å². The van der Waals surface area contributed by atoms with Crippen LogP contribution >= 0.6 is 12.4 Å². The van der Waals surface area contributed by atoms with E-state index in [-0.39, 0.29) is 18.8 Å². The lowest BCUT2D eigenvalue weighted by molar-refractivity contribution is -0.274. The number of benzene rings is 2. The van der Waals surface area contributed by atoms with Crippen molar-refractivity contribution in [1.29, 1.82) is 0 Å². The van der Waals surface area contributed by atoms with E-state index in [0.717, 1.165) is 17.7 Å². The highest BCUT2D eigenvalue weighted by Crippen LogP contribution is 2.29. The van der Waals surface area contributed by atoms with Crippen LogP contribution in [0.3, 0.4) is 0 Å². The van der Waals surface area contributed by atoms with Crippen molar-refractivity contribution < 1.29 is 22.7 Å². The summed E-state index contributed by atoms with van der Waals surface area (Å²) < 4.78 is 41.1. The Morgan fingerprint density at radius 3 is 2.31 bits per heavy atom. The van der Waals surface area contributed by atoms with Crippen molar-refractivity contribution >= 4 is 24.3 Å². The molecule has 0 aliphatic rings. The van der Waals surface area contributed by atoms with Crippen LogP contribution in [0.5, 0.6) is 5.75 Å². The monoisotopic (exact) mass is 387 g/mol. The van der Waals surface area contributed by atoms with Crippen LogP contribution in [0.1, 0.15) is 17.0 Å². The molecule has 1 unspecified atom stereocenters. The summed E-state index contributed by atoms with van der Waals surface area (Å²) in [5, 5.41) is 0. The molecule has 0 bridgehead atoms. The molecule has 0 aromatic heterocycles. The number of amides is 1. The molecule has 0 heterocycles. The van der Waals surface area contributed by atoms with E-state index in [4.69, 9.17) is 11.5 Å². The van der Waals surface area contributed by atoms with Crippen LogP contribution in [0.15, 0.2) is 59.6 Å². The minimum Gasteiger partial charge on any atom is -0.406 e. The van der Waals surface area contributed by atoms with Crippen LogP contribution in [0.4, 0.5) is 13.2 Å². The van der Waals surface area contributed by atoms with E-state index >= 15 is 0 Å². The lowest BCUT2D eigenvalue weighted by atomic mass is 9.91. The number of carbonyl (C=O) groups excluding carboxylic acids is 1. The fourth-order valence-electron chi connectivity index (χ4n) is 2.33. The minimum atomic E-state index is -4.82. The third-order valence-electron chi connectivity index (χ3n) is 3.31. The smallest absolute Gasteiger partial charge is 0.406 e. The van der Waals surface area contributed by atoms with Gasteiger partial charge in [0.2, 0.25) is 0 Å². The number of aliphatic imine (C=N–C) groups is 1. The van der Waals surface area contributed by atoms with Gasteiger partial charge in [-0.05, 0) is 29.7 Å². The minimum absolute atomic E-state index is 0. The summed E-state index contributed by atoms with van der Waals surface area (Å²) in [6.45, 7) is 0. The summed E-state index contributed by atoms with van der Waals surface area (Å²) >= 11 is 0. The van der Waals surface area contributed by atoms with Crippen LogP contribution in [0.25, 0.3) is 0 Å². The molecule has 1 atom stereocenters. The van der Waals surface area contributed by atoms with Crippen molar-refractivity contribution in [2.24, 2.45) is 16.5 Å². The van der Waals surface area contributed by atoms with Crippen molar-refractivity contribution in [2.45, 2.75) is 18.7 Å². The first kappa shape index (κ1) is 21.3. The summed E-state index contributed by atoms with van der Waals surface area (Å²) in [4.78, 5) is 15.9. The van der Waals surface area contributed by atoms with Crippen molar-refractivity contribution in [3.63, 3.8) is 0 Å². The Bertz CT molecular complexity index is 763. The van der Waals surface area contributed by atoms with E-state index in [2.05, 4.69) is 9.73 Å². The van der Waals surface area contributed by atoms with Gasteiger partial charge in [0.15, 0.2) is 5.96 Å². The Morgan fingerprint density at radius 1 is 1.08 bits per heavy atom. The molecule has 0 aliphatic carbocycles. The number of alkyl halides is 3. The molecule has 2 aromatic carbocycles. The van der Waals surface area contributed by atoms with Crippen molar-refractivity contribution in [3.8, 4) is 5.75 Å². The molecule has 5 nitrogen and oxygen atoms in total. The van der Waals surface area contributed by atoms with Gasteiger partial charge in [0.05, 0.1) is 5.92 Å². The lowest BCUT2D eigenvalue weighted by Crippen LogP contribution is -2.26. The number of rotatable bonds is 5. The molecule has 0 spiro atoms. The molecule has 4 N–H and O–H groups in total. The maximum atomic E-state index is 12.4. The second-order valence-electron chi connectivity index (χ2n) is 5.24. The number of guanidine groups is 1. The van der Waals surface area contributed by atoms with E-state index in [0.29, 0.717) is 5.56 Å². The Kier molecular flexibility index (Phi) is 7.45. The first-order valence-electron chi connectivity index (χ1n) is 7.28. The fraction of sp³-hybridized carbons (Fsp3) is 0.176. The lowest BCUT2D eigenvalue weighted by Gasteiger charge is -2.16. The van der Waals surface area contributed by atoms with Gasteiger partial charge in [-0.25, -0.2) is 0 Å². The molecule has 0 saturated heterocycles. The number of carbonyl (C=O) groups is 1. The quantitative estimate of drug-likeness (QED) is 0.609. The standard InChI is InChI=1S/C17H16F3N3O2.ClH/c18-17(19,20)25-13-8-4-7-12(10-13)14(15(24)23-16(21)22)9-11-5-2-1-3-6-11;/h1-8,10,14H,9H2,(H4,21,22,23,24);1H. The SMILES string of the molecule is Cl.NC(N)=NC(=O)C(Cc1ccccc1)c1cccc(OC(F)(F)F)c1. The Balaban J connectivity index is 0.00000338. The summed E-state index contributed by atoms with van der Waals surface area (Å²) in [5.74, 6) is -2.32. The Hall–Kier alpha value is -2.74. The van der Waals surface area contributed by atoms with Gasteiger partial charge < -0.3 is 16.2 Å². The molecule has 26 heavy (non-hydrogen) atoms. The zero-order chi connectivity index (χ0) is 18.4. The summed E-state index contributed by atoms with van der Waals surface area (Å²) in [5.41, 5.74) is 11.6. The number of halogens is 4. The van der Waals surface area contributed by atoms with E-state index in [1.54, 1.807) is 24.3 Å². The second kappa shape index (κ2) is 9.10. The first-order chi connectivity index (χ1) is 11.7. The molecule has 9 heteroatoms. The van der Waals surface area contributed by atoms with Crippen molar-refractivity contribution in [1.82, 2.24) is 0 Å². The topological polar surface area (TPSA) is 90.7 Å². The Labute approximate surface area is 154 Å². The van der Waals surface area contributed by atoms with Gasteiger partial charge in [-0.3, -0.25) is 4.79 Å². The molecule has 0 saturated carbocycles. The van der Waals surface area contributed by atoms with E-state index in [1.165, 1.54) is 12.1 Å². The second-order valence-corrected chi connectivity index (χ2v) is 5.24. The molecule has 140 valence electrons. The molecular weight excluding hydrogens is 371 g/mol. The van der Waals surface area contributed by atoms with Gasteiger partial charge in [0, 0.05) is 0 Å². The highest BCUT2D eigenvalue weighted by molar-refractivity contribution is 5.95. The third kappa shape index (κ3) is 6.64. The van der Waals surface area contributed by atoms with E-state index < -0.39 is 29.9 Å². The molecule has 2 rings (SSSR count). The number of ether oxygens (including phenoxy) is 1. The number of nitrogens with zero attached hydrogens (tertiary/aromatic N) is 1. The van der Waals surface area contributed by atoms with Gasteiger partial charge >= 0.3 is 6.36 Å². The van der Waals surface area contributed by atoms with Crippen LogP contribution < -0.4 is 16.2 Å². The summed E-state index contributed by atoms with van der Waals surface area (Å²) in [6.07, 6.45) is -4.59. The predicted molar refractivity (Wildman–Crippen MR) is 94.1 cm³/mol. The number of hydrogen-bond acceptors (Lipinski definition) is 2. The third-order valence-corrected chi connectivity index (χ3v) is 3.31. The van der Waals surface area contributed by atoms with Crippen LogP contribution in [0, 0.1) is 0 Å². The van der Waals surface area contributed by atoms with Gasteiger partial charge in [0.25, 0.3) is 5.91 Å². The fourth-order valence-corrected chi connectivity index (χ4v) is 2.33. The van der Waals surface area contributed by atoms with Gasteiger partial charge in [-0.15, -0.1) is 25.6 Å². The predicted octanol–water partition coefficient (Wildman–Crippen LogP) is 3.13. The normalized spacial score (nSPS) is 11.8. The molecule has 2 aromatic rings. The number of hydrogen-bond donors (Lipinski definition) is 2. The molecular formula is C17H17ClF3N3O2. The molecule has 1 amide bonds. The van der Waals surface area contributed by atoms with Gasteiger partial charge in [-0.1, -0.05) is 42.5 Å². The van der Waals surface area contributed by atoms with Crippen LogP contribution in [0.2, 0.25) is 0 Å². The summed E-state index contributed by atoms with van der Waals surface area (Å²) in [6, 6.07) is 14.2. The van der Waals surface area contributed by atoms with Crippen molar-refractivity contribution in [3.05, 3.63) is 65.7 Å². The zero-order valence-electron chi connectivity index (χ0n) is 13.4. The molecule has 0 aliphatic heterocycles. The molecule has 0 fully saturated rings. The van der Waals surface area contributed by atoms with E-state index in [9.17, 15) is 18.0 Å². The summed E-state index contributed by atoms with van der Waals surface area (Å²) in [7, 11) is 0. The largest absolute Gasteiger partial charge is 0.573 e. The zero-order valence-corrected chi connectivity index (χ0v) is 14.3. The average molecular weight is 388 g/mol. The molecule has 0 radical (unpaired) electrons. The highest BCUT2D eigenvalue weighted by atomic mass is 35.5. The Morgan fingerprint density at radius 2 is 1.73 bits per heavy atom. The average Bonchev–Trinajstić information content (AvgIpc) is 2.51. The van der Waals surface area contributed by atoms with Crippen molar-refractivity contribution in [2.75, 3.05) is 0 Å².